The number of imidazole rings is 1. The molecule has 1 aromatic heterocycles. The molecule has 0 saturated carbocycles. The number of carbonyl (C=O) groups is 2. The van der Waals surface area contributed by atoms with Gasteiger partial charge < -0.3 is 9.88 Å². The van der Waals surface area contributed by atoms with Crippen LogP contribution in [-0.2, 0) is 16.1 Å². The normalized spacial score (nSPS) is 17.8. The van der Waals surface area contributed by atoms with Crippen molar-refractivity contribution in [3.8, 4) is 0 Å². The van der Waals surface area contributed by atoms with E-state index in [2.05, 4.69) is 15.3 Å². The molecule has 0 unspecified atom stereocenters. The standard InChI is InChI=1S/C17H16FN5O2S/c18-13-4-1-2-5-14(13)23-16(25)12(15(24)21-17(23)26)10-19-6-3-8-22-9-7-20-11-22/h1-2,4-5,7,9-12H,3,6,8H2,(H,21,24,26)/t12-/m1/s1. The molecule has 1 aliphatic rings. The zero-order valence-electron chi connectivity index (χ0n) is 13.7. The van der Waals surface area contributed by atoms with Crippen LogP contribution in [0.3, 0.4) is 0 Å². The summed E-state index contributed by atoms with van der Waals surface area (Å²) < 4.78 is 15.9. The number of carbonyl (C=O) groups excluding carboxylic acids is 2. The third kappa shape index (κ3) is 3.83. The van der Waals surface area contributed by atoms with Crippen LogP contribution in [0, 0.1) is 11.7 Å². The molecule has 0 radical (unpaired) electrons. The summed E-state index contributed by atoms with van der Waals surface area (Å²) in [6.45, 7) is 1.17. The van der Waals surface area contributed by atoms with E-state index in [1.54, 1.807) is 18.6 Å². The Kier molecular flexibility index (Phi) is 5.47. The van der Waals surface area contributed by atoms with Crippen LogP contribution in [0.25, 0.3) is 0 Å². The maximum absolute atomic E-state index is 14.0. The highest BCUT2D eigenvalue weighted by molar-refractivity contribution is 7.80. The van der Waals surface area contributed by atoms with E-state index in [1.165, 1.54) is 24.4 Å². The number of hydrogen-bond donors (Lipinski definition) is 1. The van der Waals surface area contributed by atoms with Gasteiger partial charge in [0.2, 0.25) is 5.91 Å². The molecule has 7 nitrogen and oxygen atoms in total. The summed E-state index contributed by atoms with van der Waals surface area (Å²) >= 11 is 5.03. The highest BCUT2D eigenvalue weighted by Gasteiger charge is 2.39. The number of amides is 2. The third-order valence-corrected chi connectivity index (χ3v) is 4.10. The minimum Gasteiger partial charge on any atom is -0.337 e. The summed E-state index contributed by atoms with van der Waals surface area (Å²) in [5.41, 5.74) is 0.000933. The molecule has 0 bridgehead atoms. The fraction of sp³-hybridized carbons (Fsp3) is 0.235. The summed E-state index contributed by atoms with van der Waals surface area (Å²) in [6, 6.07) is 5.75. The first kappa shape index (κ1) is 17.9. The lowest BCUT2D eigenvalue weighted by molar-refractivity contribution is -0.130. The highest BCUT2D eigenvalue weighted by atomic mass is 32.1. The number of para-hydroxylation sites is 1. The lowest BCUT2D eigenvalue weighted by Gasteiger charge is -2.31. The second-order valence-electron chi connectivity index (χ2n) is 5.61. The number of halogens is 1. The number of aliphatic imine (C=N–C) groups is 1. The number of aryl methyl sites for hydroxylation is 1. The molecular weight excluding hydrogens is 357 g/mol. The number of anilines is 1. The van der Waals surface area contributed by atoms with Gasteiger partial charge in [-0.3, -0.25) is 19.5 Å². The fourth-order valence-corrected chi connectivity index (χ4v) is 2.82. The number of nitrogens with one attached hydrogen (secondary N) is 1. The van der Waals surface area contributed by atoms with Crippen molar-refractivity contribution in [1.29, 1.82) is 0 Å². The molecule has 1 aromatic carbocycles. The first-order valence-electron chi connectivity index (χ1n) is 7.97. The van der Waals surface area contributed by atoms with Crippen molar-refractivity contribution >= 4 is 41.0 Å². The molecule has 134 valence electrons. The number of thiocarbonyl (C=S) groups is 1. The maximum atomic E-state index is 14.0. The monoisotopic (exact) mass is 373 g/mol. The second kappa shape index (κ2) is 7.96. The second-order valence-corrected chi connectivity index (χ2v) is 5.99. The van der Waals surface area contributed by atoms with Crippen LogP contribution in [-0.4, -0.2) is 39.2 Å². The van der Waals surface area contributed by atoms with E-state index in [1.807, 2.05) is 10.8 Å². The van der Waals surface area contributed by atoms with Crippen molar-refractivity contribution in [1.82, 2.24) is 14.9 Å². The lowest BCUT2D eigenvalue weighted by Crippen LogP contribution is -2.58. The van der Waals surface area contributed by atoms with Crippen molar-refractivity contribution in [2.75, 3.05) is 11.4 Å². The van der Waals surface area contributed by atoms with E-state index in [0.29, 0.717) is 6.54 Å². The van der Waals surface area contributed by atoms with Crippen LogP contribution in [0.5, 0.6) is 0 Å². The van der Waals surface area contributed by atoms with Gasteiger partial charge in [-0.2, -0.15) is 0 Å². The van der Waals surface area contributed by atoms with E-state index >= 15 is 0 Å². The largest absolute Gasteiger partial charge is 0.337 e. The van der Waals surface area contributed by atoms with E-state index in [-0.39, 0.29) is 10.8 Å². The predicted molar refractivity (Wildman–Crippen MR) is 98.3 cm³/mol. The fourth-order valence-electron chi connectivity index (χ4n) is 2.53. The average Bonchev–Trinajstić information content (AvgIpc) is 3.12. The molecule has 1 fully saturated rings. The molecule has 9 heteroatoms. The summed E-state index contributed by atoms with van der Waals surface area (Å²) in [4.78, 5) is 33.8. The third-order valence-electron chi connectivity index (χ3n) is 3.81. The SMILES string of the molecule is O=C1NC(=S)N(c2ccccc2F)C(=O)[C@@H]1C=NCCCn1ccnc1. The van der Waals surface area contributed by atoms with Crippen LogP contribution in [0.1, 0.15) is 6.42 Å². The van der Waals surface area contributed by atoms with E-state index < -0.39 is 23.5 Å². The van der Waals surface area contributed by atoms with Gasteiger partial charge in [-0.25, -0.2) is 9.37 Å². The average molecular weight is 373 g/mol. The van der Waals surface area contributed by atoms with Crippen LogP contribution < -0.4 is 10.2 Å². The molecule has 0 aliphatic carbocycles. The Balaban J connectivity index is 1.67. The summed E-state index contributed by atoms with van der Waals surface area (Å²) in [5, 5.41) is 2.28. The molecule has 2 amide bonds. The van der Waals surface area contributed by atoms with Gasteiger partial charge in [0.15, 0.2) is 11.0 Å². The molecule has 0 spiro atoms. The van der Waals surface area contributed by atoms with Crippen LogP contribution in [0.2, 0.25) is 0 Å². The van der Waals surface area contributed by atoms with Gasteiger partial charge in [-0.05, 0) is 30.8 Å². The number of nitrogens with zero attached hydrogens (tertiary/aromatic N) is 4. The molecule has 1 aliphatic heterocycles. The van der Waals surface area contributed by atoms with Crippen molar-refractivity contribution in [3.05, 3.63) is 48.8 Å². The topological polar surface area (TPSA) is 79.6 Å². The summed E-state index contributed by atoms with van der Waals surface area (Å²) in [7, 11) is 0. The minimum atomic E-state index is -1.14. The smallest absolute Gasteiger partial charge is 0.251 e. The lowest BCUT2D eigenvalue weighted by atomic mass is 10.1. The zero-order valence-corrected chi connectivity index (χ0v) is 14.5. The molecule has 3 rings (SSSR count). The molecule has 2 heterocycles. The summed E-state index contributed by atoms with van der Waals surface area (Å²) in [6.07, 6.45) is 7.25. The highest BCUT2D eigenvalue weighted by Crippen LogP contribution is 2.23. The van der Waals surface area contributed by atoms with Gasteiger partial charge in [-0.15, -0.1) is 0 Å². The Morgan fingerprint density at radius 1 is 1.35 bits per heavy atom. The van der Waals surface area contributed by atoms with Gasteiger partial charge in [-0.1, -0.05) is 12.1 Å². The van der Waals surface area contributed by atoms with Crippen LogP contribution in [0.15, 0.2) is 48.0 Å². The van der Waals surface area contributed by atoms with Crippen LogP contribution in [0.4, 0.5) is 10.1 Å². The Bertz CT molecular complexity index is 853. The van der Waals surface area contributed by atoms with E-state index in [9.17, 15) is 14.0 Å². The molecule has 2 aromatic rings. The minimum absolute atomic E-state index is 0.000933. The predicted octanol–water partition coefficient (Wildman–Crippen LogP) is 1.55. The molecule has 1 N–H and O–H groups in total. The maximum Gasteiger partial charge on any atom is 0.251 e. The Hall–Kier alpha value is -2.94. The molecule has 1 saturated heterocycles. The van der Waals surface area contributed by atoms with Crippen molar-refractivity contribution in [2.24, 2.45) is 10.9 Å². The number of hydrogen-bond acceptors (Lipinski definition) is 5. The number of benzene rings is 1. The first-order chi connectivity index (χ1) is 12.6. The van der Waals surface area contributed by atoms with E-state index in [0.717, 1.165) is 17.9 Å². The van der Waals surface area contributed by atoms with Gasteiger partial charge in [0.05, 0.1) is 12.0 Å². The quantitative estimate of drug-likeness (QED) is 0.361. The first-order valence-corrected chi connectivity index (χ1v) is 8.38. The van der Waals surface area contributed by atoms with Crippen LogP contribution >= 0.6 is 12.2 Å². The molecule has 1 atom stereocenters. The number of aromatic nitrogens is 2. The zero-order chi connectivity index (χ0) is 18.5. The van der Waals surface area contributed by atoms with Crippen molar-refractivity contribution in [2.45, 2.75) is 13.0 Å². The summed E-state index contributed by atoms with van der Waals surface area (Å²) in [5.74, 6) is -2.93. The molecule has 26 heavy (non-hydrogen) atoms. The van der Waals surface area contributed by atoms with Crippen molar-refractivity contribution < 1.29 is 14.0 Å². The van der Waals surface area contributed by atoms with E-state index in [4.69, 9.17) is 12.2 Å². The van der Waals surface area contributed by atoms with Gasteiger partial charge in [0.25, 0.3) is 5.91 Å². The van der Waals surface area contributed by atoms with Gasteiger partial charge in [0, 0.05) is 31.7 Å². The van der Waals surface area contributed by atoms with Gasteiger partial charge in [0.1, 0.15) is 5.82 Å². The Morgan fingerprint density at radius 3 is 2.88 bits per heavy atom. The Morgan fingerprint density at radius 2 is 2.15 bits per heavy atom. The number of rotatable bonds is 6. The molecular formula is C17H16FN5O2S. The Labute approximate surface area is 154 Å². The van der Waals surface area contributed by atoms with Crippen molar-refractivity contribution in [3.63, 3.8) is 0 Å². The van der Waals surface area contributed by atoms with Gasteiger partial charge >= 0.3 is 0 Å².